The molecule has 1 amide bonds. The number of hydrogen-bond acceptors (Lipinski definition) is 7. The number of aromatic hydroxyl groups is 2. The topological polar surface area (TPSA) is 123 Å². The molecule has 0 aliphatic carbocycles. The van der Waals surface area contributed by atoms with Gasteiger partial charge in [-0.3, -0.25) is 14.2 Å². The second kappa shape index (κ2) is 9.09. The zero-order chi connectivity index (χ0) is 22.7. The van der Waals surface area contributed by atoms with E-state index in [1.807, 2.05) is 24.4 Å². The summed E-state index contributed by atoms with van der Waals surface area (Å²) in [4.78, 5) is 34.8. The molecule has 0 aliphatic heterocycles. The summed E-state index contributed by atoms with van der Waals surface area (Å²) in [5.41, 5.74) is 0.389. The van der Waals surface area contributed by atoms with Crippen molar-refractivity contribution in [3.05, 3.63) is 50.6 Å². The molecule has 3 aromatic rings. The van der Waals surface area contributed by atoms with Gasteiger partial charge in [0.2, 0.25) is 17.2 Å². The molecule has 0 radical (unpaired) electrons. The molecule has 3 heterocycles. The maximum Gasteiger partial charge on any atom is 0.258 e. The molecule has 0 saturated heterocycles. The maximum absolute atomic E-state index is 12.9. The van der Waals surface area contributed by atoms with Crippen molar-refractivity contribution in [2.45, 2.75) is 26.8 Å². The number of anilines is 2. The van der Waals surface area contributed by atoms with Crippen molar-refractivity contribution >= 4 is 40.0 Å². The van der Waals surface area contributed by atoms with Crippen LogP contribution >= 0.6 is 11.3 Å². The number of pyridine rings is 1. The average Bonchev–Trinajstić information content (AvgIpc) is 3.35. The van der Waals surface area contributed by atoms with Crippen LogP contribution in [0, 0.1) is 0 Å². The SMILES string of the molecule is CCC(=Nc1c(Nc2c[nH]cc(C(=O)N(C)C)c2=O)c(O)n(CC)c1O)c1cccs1. The monoisotopic (exact) mass is 443 g/mol. The van der Waals surface area contributed by atoms with E-state index in [1.54, 1.807) is 21.0 Å². The van der Waals surface area contributed by atoms with E-state index in [4.69, 9.17) is 0 Å². The Hall–Kier alpha value is -3.53. The first-order valence-corrected chi connectivity index (χ1v) is 10.6. The molecule has 0 bridgehead atoms. The van der Waals surface area contributed by atoms with E-state index >= 15 is 0 Å². The van der Waals surface area contributed by atoms with E-state index in [9.17, 15) is 19.8 Å². The highest BCUT2D eigenvalue weighted by molar-refractivity contribution is 7.12. The number of aliphatic imine (C=N–C) groups is 1. The second-order valence-corrected chi connectivity index (χ2v) is 7.89. The smallest absolute Gasteiger partial charge is 0.258 e. The van der Waals surface area contributed by atoms with Gasteiger partial charge in [0, 0.05) is 37.9 Å². The number of hydrogen-bond donors (Lipinski definition) is 4. The molecule has 0 saturated carbocycles. The van der Waals surface area contributed by atoms with Gasteiger partial charge in [-0.1, -0.05) is 13.0 Å². The van der Waals surface area contributed by atoms with Crippen LogP contribution in [0.4, 0.5) is 17.1 Å². The van der Waals surface area contributed by atoms with Gasteiger partial charge in [-0.15, -0.1) is 11.3 Å². The zero-order valence-corrected chi connectivity index (χ0v) is 18.6. The number of carbonyl (C=O) groups excluding carboxylic acids is 1. The number of amides is 1. The van der Waals surface area contributed by atoms with Crippen molar-refractivity contribution in [1.82, 2.24) is 14.5 Å². The Labute approximate surface area is 183 Å². The van der Waals surface area contributed by atoms with E-state index in [2.05, 4.69) is 15.3 Å². The van der Waals surface area contributed by atoms with Crippen LogP contribution in [-0.2, 0) is 6.54 Å². The minimum absolute atomic E-state index is 0.0434. The van der Waals surface area contributed by atoms with Gasteiger partial charge < -0.3 is 25.4 Å². The number of rotatable bonds is 7. The van der Waals surface area contributed by atoms with Crippen LogP contribution in [0.15, 0.2) is 39.7 Å². The minimum Gasteiger partial charge on any atom is -0.493 e. The lowest BCUT2D eigenvalue weighted by Crippen LogP contribution is -2.28. The summed E-state index contributed by atoms with van der Waals surface area (Å²) >= 11 is 1.52. The van der Waals surface area contributed by atoms with E-state index in [1.165, 1.54) is 33.2 Å². The standard InChI is InChI=1S/C21H25N5O4S/c1-5-13(15-8-7-9-31-15)23-16-17(21(30)26(6-2)20(16)29)24-14-11-22-10-12(18(14)27)19(28)25(3)4/h7-11,24,29-30H,5-6H2,1-4H3,(H,22,27). The number of thiophene rings is 1. The molecule has 3 rings (SSSR count). The molecule has 0 fully saturated rings. The van der Waals surface area contributed by atoms with Crippen LogP contribution < -0.4 is 10.7 Å². The van der Waals surface area contributed by atoms with Crippen molar-refractivity contribution in [1.29, 1.82) is 0 Å². The quantitative estimate of drug-likeness (QED) is 0.415. The Morgan fingerprint density at radius 1 is 1.26 bits per heavy atom. The van der Waals surface area contributed by atoms with E-state index in [0.717, 1.165) is 10.6 Å². The first-order chi connectivity index (χ1) is 14.8. The molecule has 0 aliphatic rings. The normalized spacial score (nSPS) is 11.5. The third-order valence-corrected chi connectivity index (χ3v) is 5.65. The summed E-state index contributed by atoms with van der Waals surface area (Å²) in [5.74, 6) is -0.932. The lowest BCUT2D eigenvalue weighted by atomic mass is 10.2. The van der Waals surface area contributed by atoms with Gasteiger partial charge in [0.15, 0.2) is 5.69 Å². The molecule has 0 spiro atoms. The van der Waals surface area contributed by atoms with Crippen molar-refractivity contribution in [2.75, 3.05) is 19.4 Å². The van der Waals surface area contributed by atoms with Crippen LogP contribution in [-0.4, -0.2) is 50.4 Å². The van der Waals surface area contributed by atoms with E-state index in [0.29, 0.717) is 6.42 Å². The minimum atomic E-state index is -0.538. The predicted octanol–water partition coefficient (Wildman–Crippen LogP) is 3.65. The molecule has 3 aromatic heterocycles. The molecule has 4 N–H and O–H groups in total. The lowest BCUT2D eigenvalue weighted by Gasteiger charge is -2.11. The lowest BCUT2D eigenvalue weighted by molar-refractivity contribution is 0.0826. The Kier molecular flexibility index (Phi) is 6.50. The summed E-state index contributed by atoms with van der Waals surface area (Å²) in [6.45, 7) is 4.00. The van der Waals surface area contributed by atoms with Crippen molar-refractivity contribution in [3.8, 4) is 11.8 Å². The Morgan fingerprint density at radius 2 is 2.00 bits per heavy atom. The van der Waals surface area contributed by atoms with Crippen molar-refractivity contribution < 1.29 is 15.0 Å². The van der Waals surface area contributed by atoms with Gasteiger partial charge in [-0.25, -0.2) is 4.99 Å². The highest BCUT2D eigenvalue weighted by Gasteiger charge is 2.24. The van der Waals surface area contributed by atoms with E-state index in [-0.39, 0.29) is 40.9 Å². The number of aromatic nitrogens is 2. The first-order valence-electron chi connectivity index (χ1n) is 9.75. The predicted molar refractivity (Wildman–Crippen MR) is 123 cm³/mol. The summed E-state index contributed by atoms with van der Waals surface area (Å²) < 4.78 is 1.28. The van der Waals surface area contributed by atoms with Crippen LogP contribution in [0.25, 0.3) is 0 Å². The summed E-state index contributed by atoms with van der Waals surface area (Å²) in [6.07, 6.45) is 3.32. The van der Waals surface area contributed by atoms with Gasteiger partial charge >= 0.3 is 0 Å². The number of nitrogens with zero attached hydrogens (tertiary/aromatic N) is 3. The first kappa shape index (κ1) is 22.2. The van der Waals surface area contributed by atoms with Crippen LogP contribution in [0.2, 0.25) is 0 Å². The third-order valence-electron chi connectivity index (χ3n) is 4.73. The highest BCUT2D eigenvalue weighted by atomic mass is 32.1. The summed E-state index contributed by atoms with van der Waals surface area (Å²) in [7, 11) is 3.10. The molecule has 10 heteroatoms. The molecule has 0 unspecified atom stereocenters. The second-order valence-electron chi connectivity index (χ2n) is 6.94. The fourth-order valence-electron chi connectivity index (χ4n) is 3.10. The van der Waals surface area contributed by atoms with Crippen LogP contribution in [0.5, 0.6) is 11.8 Å². The Morgan fingerprint density at radius 3 is 2.58 bits per heavy atom. The van der Waals surface area contributed by atoms with E-state index < -0.39 is 11.3 Å². The van der Waals surface area contributed by atoms with Gasteiger partial charge in [0.1, 0.15) is 16.9 Å². The van der Waals surface area contributed by atoms with Crippen molar-refractivity contribution in [3.63, 3.8) is 0 Å². The average molecular weight is 444 g/mol. The molecule has 31 heavy (non-hydrogen) atoms. The highest BCUT2D eigenvalue weighted by Crippen LogP contribution is 2.46. The van der Waals surface area contributed by atoms with Gasteiger partial charge in [0.25, 0.3) is 5.91 Å². The fourth-order valence-corrected chi connectivity index (χ4v) is 3.89. The molecule has 9 nitrogen and oxygen atoms in total. The summed E-state index contributed by atoms with van der Waals surface area (Å²) in [6, 6.07) is 3.83. The zero-order valence-electron chi connectivity index (χ0n) is 17.8. The maximum atomic E-state index is 12.9. The fraction of sp³-hybridized carbons (Fsp3) is 0.286. The summed E-state index contributed by atoms with van der Waals surface area (Å²) in [5, 5.41) is 26.2. The van der Waals surface area contributed by atoms with Gasteiger partial charge in [-0.2, -0.15) is 0 Å². The molecular formula is C21H25N5O4S. The largest absolute Gasteiger partial charge is 0.493 e. The van der Waals surface area contributed by atoms with Gasteiger partial charge in [-0.05, 0) is 24.8 Å². The molecular weight excluding hydrogens is 418 g/mol. The number of aromatic amines is 1. The molecule has 164 valence electrons. The molecule has 0 atom stereocenters. The number of carbonyl (C=O) groups is 1. The molecule has 0 aromatic carbocycles. The van der Waals surface area contributed by atoms with Gasteiger partial charge in [0.05, 0.1) is 5.71 Å². The van der Waals surface area contributed by atoms with Crippen LogP contribution in [0.3, 0.4) is 0 Å². The Balaban J connectivity index is 2.14. The number of H-pyrrole nitrogens is 1. The van der Waals surface area contributed by atoms with Crippen molar-refractivity contribution in [2.24, 2.45) is 4.99 Å². The Bertz CT molecular complexity index is 1180. The number of nitrogens with one attached hydrogen (secondary N) is 2. The van der Waals surface area contributed by atoms with Crippen LogP contribution in [0.1, 0.15) is 35.5 Å². The third kappa shape index (κ3) is 4.19.